The highest BCUT2D eigenvalue weighted by Gasteiger charge is 2.29. The molecular formula is C28H27N5O3S2. The highest BCUT2D eigenvalue weighted by Crippen LogP contribution is 2.52. The van der Waals surface area contributed by atoms with Gasteiger partial charge in [-0.3, -0.25) is 9.78 Å². The number of nitrogens with one attached hydrogen (secondary N) is 2. The van der Waals surface area contributed by atoms with Gasteiger partial charge in [0, 0.05) is 44.6 Å². The molecule has 1 saturated heterocycles. The second kappa shape index (κ2) is 10.7. The number of anilines is 2. The Balaban J connectivity index is 1.21. The van der Waals surface area contributed by atoms with Gasteiger partial charge < -0.3 is 24.7 Å². The van der Waals surface area contributed by atoms with E-state index < -0.39 is 0 Å². The number of ether oxygens (including phenoxy) is 2. The zero-order chi connectivity index (χ0) is 26.1. The normalized spacial score (nSPS) is 17.3. The van der Waals surface area contributed by atoms with Crippen LogP contribution < -0.4 is 20.5 Å². The predicted octanol–water partition coefficient (Wildman–Crippen LogP) is 5.54. The molecule has 2 unspecified atom stereocenters. The van der Waals surface area contributed by atoms with E-state index in [1.54, 1.807) is 49.2 Å². The van der Waals surface area contributed by atoms with E-state index >= 15 is 0 Å². The minimum atomic E-state index is -0.112. The van der Waals surface area contributed by atoms with E-state index in [9.17, 15) is 4.79 Å². The quantitative estimate of drug-likeness (QED) is 0.285. The van der Waals surface area contributed by atoms with Crippen LogP contribution >= 0.6 is 23.5 Å². The Kier molecular flexibility index (Phi) is 7.01. The van der Waals surface area contributed by atoms with E-state index in [0.29, 0.717) is 31.3 Å². The molecule has 4 aromatic rings. The smallest absolute Gasteiger partial charge is 0.271 e. The van der Waals surface area contributed by atoms with Crippen LogP contribution in [-0.4, -0.2) is 41.8 Å². The summed E-state index contributed by atoms with van der Waals surface area (Å²) in [5.41, 5.74) is 3.62. The van der Waals surface area contributed by atoms with Crippen molar-refractivity contribution >= 4 is 34.9 Å². The summed E-state index contributed by atoms with van der Waals surface area (Å²) < 4.78 is 11.4. The van der Waals surface area contributed by atoms with Gasteiger partial charge in [-0.2, -0.15) is 0 Å². The zero-order valence-corrected chi connectivity index (χ0v) is 22.6. The Morgan fingerprint density at radius 1 is 1.13 bits per heavy atom. The van der Waals surface area contributed by atoms with Gasteiger partial charge in [0.15, 0.2) is 0 Å². The molecule has 1 fully saturated rings. The average molecular weight is 546 g/mol. The number of hydrogen-bond acceptors (Lipinski definition) is 9. The number of benzene rings is 2. The van der Waals surface area contributed by atoms with E-state index in [2.05, 4.69) is 68.5 Å². The third-order valence-corrected chi connectivity index (χ3v) is 9.22. The van der Waals surface area contributed by atoms with E-state index in [1.165, 1.54) is 19.6 Å². The summed E-state index contributed by atoms with van der Waals surface area (Å²) in [7, 11) is 1.59. The molecule has 0 aliphatic carbocycles. The van der Waals surface area contributed by atoms with Crippen molar-refractivity contribution in [2.24, 2.45) is 0 Å². The molecule has 10 heteroatoms. The first-order valence-corrected chi connectivity index (χ1v) is 14.0. The average Bonchev–Trinajstić information content (AvgIpc) is 2.96. The van der Waals surface area contributed by atoms with Crippen LogP contribution in [-0.2, 0) is 4.74 Å². The minimum absolute atomic E-state index is 0.0287. The zero-order valence-electron chi connectivity index (χ0n) is 21.0. The maximum atomic E-state index is 12.4. The number of nitrogens with zero attached hydrogens (tertiary/aromatic N) is 3. The third-order valence-electron chi connectivity index (χ3n) is 6.60. The maximum absolute atomic E-state index is 12.4. The molecule has 2 aromatic heterocycles. The Hall–Kier alpha value is -3.47. The fourth-order valence-corrected chi connectivity index (χ4v) is 7.13. The summed E-state index contributed by atoms with van der Waals surface area (Å²) in [5.74, 6) is 0.501. The molecule has 4 heterocycles. The molecule has 2 N–H and O–H groups in total. The molecule has 2 aromatic carbocycles. The van der Waals surface area contributed by atoms with Crippen LogP contribution in [0.5, 0.6) is 5.88 Å². The van der Waals surface area contributed by atoms with Crippen LogP contribution in [0.25, 0.3) is 0 Å². The van der Waals surface area contributed by atoms with Crippen molar-refractivity contribution in [2.75, 3.05) is 37.0 Å². The molecule has 0 bridgehead atoms. The van der Waals surface area contributed by atoms with Crippen LogP contribution in [0.4, 0.5) is 11.4 Å². The molecule has 38 heavy (non-hydrogen) atoms. The Bertz CT molecular complexity index is 1530. The number of aromatic amines is 1. The molecule has 8 nitrogen and oxygen atoms in total. The number of hydrogen-bond donors (Lipinski definition) is 2. The lowest BCUT2D eigenvalue weighted by molar-refractivity contribution is 0.0378. The first kappa shape index (κ1) is 24.8. The van der Waals surface area contributed by atoms with Gasteiger partial charge in [-0.15, -0.1) is 0 Å². The van der Waals surface area contributed by atoms with Crippen LogP contribution in [0.2, 0.25) is 0 Å². The van der Waals surface area contributed by atoms with Gasteiger partial charge in [-0.1, -0.05) is 35.7 Å². The molecule has 2 atom stereocenters. The second-order valence-corrected chi connectivity index (χ2v) is 11.2. The van der Waals surface area contributed by atoms with E-state index in [4.69, 9.17) is 9.47 Å². The summed E-state index contributed by atoms with van der Waals surface area (Å²) in [6.45, 7) is 3.96. The highest BCUT2D eigenvalue weighted by molar-refractivity contribution is 8.05. The van der Waals surface area contributed by atoms with Crippen molar-refractivity contribution in [3.8, 4) is 5.88 Å². The number of H-pyrrole nitrogens is 1. The van der Waals surface area contributed by atoms with Crippen LogP contribution in [0.3, 0.4) is 0 Å². The summed E-state index contributed by atoms with van der Waals surface area (Å²) in [6.07, 6.45) is 4.91. The largest absolute Gasteiger partial charge is 0.480 e. The Morgan fingerprint density at radius 2 is 2.05 bits per heavy atom. The summed E-state index contributed by atoms with van der Waals surface area (Å²) in [6, 6.07) is 16.6. The van der Waals surface area contributed by atoms with Crippen LogP contribution in [0.15, 0.2) is 91.5 Å². The summed E-state index contributed by atoms with van der Waals surface area (Å²) in [5, 5.41) is 3.54. The lowest BCUT2D eigenvalue weighted by Gasteiger charge is -2.35. The lowest BCUT2D eigenvalue weighted by atomic mass is 10.1. The first-order valence-electron chi connectivity index (χ1n) is 12.4. The molecule has 0 amide bonds. The highest BCUT2D eigenvalue weighted by atomic mass is 32.2. The Labute approximate surface area is 229 Å². The number of fused-ring (bicyclic) bond motifs is 2. The Morgan fingerprint density at radius 3 is 2.92 bits per heavy atom. The minimum Gasteiger partial charge on any atom is -0.480 e. The number of aromatic nitrogens is 3. The third kappa shape index (κ3) is 4.99. The first-order chi connectivity index (χ1) is 18.6. The van der Waals surface area contributed by atoms with Gasteiger partial charge in [-0.25, -0.2) is 4.98 Å². The predicted molar refractivity (Wildman–Crippen MR) is 150 cm³/mol. The van der Waals surface area contributed by atoms with E-state index in [-0.39, 0.29) is 17.7 Å². The summed E-state index contributed by atoms with van der Waals surface area (Å²) in [4.78, 5) is 30.8. The molecule has 2 aliphatic rings. The second-order valence-electron chi connectivity index (χ2n) is 9.08. The number of pyridine rings is 1. The van der Waals surface area contributed by atoms with E-state index in [1.807, 2.05) is 12.1 Å². The van der Waals surface area contributed by atoms with Crippen molar-refractivity contribution in [3.05, 3.63) is 88.7 Å². The monoisotopic (exact) mass is 545 g/mol. The van der Waals surface area contributed by atoms with Crippen LogP contribution in [0, 0.1) is 0 Å². The number of morpholine rings is 1. The van der Waals surface area contributed by atoms with Crippen molar-refractivity contribution in [1.82, 2.24) is 15.0 Å². The molecule has 6 rings (SSSR count). The molecular weight excluding hydrogens is 518 g/mol. The number of rotatable bonds is 6. The van der Waals surface area contributed by atoms with Crippen molar-refractivity contribution in [1.29, 1.82) is 0 Å². The standard InChI is InChI=1S/C28H27N5O3S2/c1-17(20-14-29-15-26(32-20)35-2)31-18-8-9-23-25(13-18)37-24-7-3-5-19(27(24)38-23)22-16-33(11-12-36-22)21-6-4-10-30-28(21)34/h3-10,13-15,17,22,31H,11-12,16H2,1-2H3,(H,30,34). The number of methoxy groups -OCH3 is 1. The molecule has 194 valence electrons. The van der Waals surface area contributed by atoms with Crippen LogP contribution in [0.1, 0.15) is 30.3 Å². The SMILES string of the molecule is COc1cncc(C(C)Nc2ccc3c(c2)Sc2cccc(C4CN(c5ccc[nH]c5=O)CCO4)c2S3)n1. The molecule has 0 spiro atoms. The van der Waals surface area contributed by atoms with Crippen molar-refractivity contribution < 1.29 is 9.47 Å². The molecule has 0 saturated carbocycles. The van der Waals surface area contributed by atoms with Crippen molar-refractivity contribution in [3.63, 3.8) is 0 Å². The fraction of sp³-hybridized carbons (Fsp3) is 0.250. The topological polar surface area (TPSA) is 92.4 Å². The van der Waals surface area contributed by atoms with Gasteiger partial charge >= 0.3 is 0 Å². The molecule has 2 aliphatic heterocycles. The van der Waals surface area contributed by atoms with Crippen molar-refractivity contribution in [2.45, 2.75) is 38.7 Å². The van der Waals surface area contributed by atoms with E-state index in [0.717, 1.165) is 16.9 Å². The maximum Gasteiger partial charge on any atom is 0.271 e. The van der Waals surface area contributed by atoms with Gasteiger partial charge in [0.05, 0.1) is 37.8 Å². The molecule has 0 radical (unpaired) electrons. The van der Waals surface area contributed by atoms with Gasteiger partial charge in [0.25, 0.3) is 5.56 Å². The fourth-order valence-electron chi connectivity index (χ4n) is 4.68. The van der Waals surface area contributed by atoms with Gasteiger partial charge in [-0.05, 0) is 48.9 Å². The van der Waals surface area contributed by atoms with Gasteiger partial charge in [0.1, 0.15) is 11.8 Å². The summed E-state index contributed by atoms with van der Waals surface area (Å²) >= 11 is 3.55. The van der Waals surface area contributed by atoms with Gasteiger partial charge in [0.2, 0.25) is 5.88 Å². The lowest BCUT2D eigenvalue weighted by Crippen LogP contribution is -2.41.